The van der Waals surface area contributed by atoms with E-state index in [2.05, 4.69) is 16.8 Å². The first kappa shape index (κ1) is 14.3. The topological polar surface area (TPSA) is 43.8 Å². The molecule has 3 aliphatic heterocycles. The van der Waals surface area contributed by atoms with Crippen LogP contribution in [-0.4, -0.2) is 59.6 Å². The van der Waals surface area contributed by atoms with Gasteiger partial charge >= 0.3 is 5.97 Å². The van der Waals surface area contributed by atoms with Gasteiger partial charge in [-0.1, -0.05) is 12.8 Å². The van der Waals surface area contributed by atoms with Crippen LogP contribution in [0.5, 0.6) is 0 Å². The third-order valence-corrected chi connectivity index (χ3v) is 5.84. The van der Waals surface area contributed by atoms with Crippen molar-refractivity contribution in [2.75, 3.05) is 26.7 Å². The highest BCUT2D eigenvalue weighted by atomic mass is 16.4. The molecule has 4 atom stereocenters. The quantitative estimate of drug-likeness (QED) is 0.841. The second-order valence-corrected chi connectivity index (χ2v) is 7.04. The highest BCUT2D eigenvalue weighted by Gasteiger charge is 2.43. The number of carbonyl (C=O) groups is 1. The Morgan fingerprint density at radius 2 is 1.75 bits per heavy atom. The van der Waals surface area contributed by atoms with Crippen LogP contribution in [0.2, 0.25) is 0 Å². The molecule has 0 bridgehead atoms. The number of fused-ring (bicyclic) bond motifs is 1. The van der Waals surface area contributed by atoms with Gasteiger partial charge in [-0.3, -0.25) is 9.69 Å². The second kappa shape index (κ2) is 6.02. The van der Waals surface area contributed by atoms with Gasteiger partial charge in [-0.2, -0.15) is 0 Å². The number of rotatable bonds is 2. The molecule has 0 aromatic heterocycles. The fourth-order valence-electron chi connectivity index (χ4n) is 4.80. The summed E-state index contributed by atoms with van der Waals surface area (Å²) in [6.07, 6.45) is 8.30. The van der Waals surface area contributed by atoms with E-state index >= 15 is 0 Å². The monoisotopic (exact) mass is 280 g/mol. The smallest absolute Gasteiger partial charge is 0.308 e. The van der Waals surface area contributed by atoms with Crippen LogP contribution in [0.3, 0.4) is 0 Å². The molecule has 3 fully saturated rings. The number of carboxylic acid groups (broad SMARTS) is 1. The minimum absolute atomic E-state index is 0.135. The van der Waals surface area contributed by atoms with Crippen LogP contribution in [-0.2, 0) is 4.79 Å². The van der Waals surface area contributed by atoms with Gasteiger partial charge in [0.25, 0.3) is 0 Å². The first-order valence-electron chi connectivity index (χ1n) is 8.34. The van der Waals surface area contributed by atoms with E-state index in [9.17, 15) is 9.90 Å². The highest BCUT2D eigenvalue weighted by molar-refractivity contribution is 5.71. The standard InChI is InChI=1S/C16H28N2O2/c1-17-8-4-2-6-14(17)12-10-13(16(19)20)15-7-3-5-9-18(15)11-12/h12-15H,2-11H2,1H3,(H,19,20)/t12-,13+,14-,15-/m0/s1. The van der Waals surface area contributed by atoms with E-state index in [0.29, 0.717) is 18.0 Å². The van der Waals surface area contributed by atoms with Crippen LogP contribution >= 0.6 is 0 Å². The van der Waals surface area contributed by atoms with Crippen LogP contribution in [0.1, 0.15) is 44.9 Å². The molecule has 0 radical (unpaired) electrons. The summed E-state index contributed by atoms with van der Waals surface area (Å²) < 4.78 is 0. The molecule has 114 valence electrons. The second-order valence-electron chi connectivity index (χ2n) is 7.04. The summed E-state index contributed by atoms with van der Waals surface area (Å²) in [7, 11) is 2.22. The largest absolute Gasteiger partial charge is 0.481 e. The zero-order valence-electron chi connectivity index (χ0n) is 12.6. The Balaban J connectivity index is 1.74. The first-order chi connectivity index (χ1) is 9.66. The zero-order valence-corrected chi connectivity index (χ0v) is 12.6. The van der Waals surface area contributed by atoms with Gasteiger partial charge in [-0.15, -0.1) is 0 Å². The summed E-state index contributed by atoms with van der Waals surface area (Å²) in [6.45, 7) is 3.42. The van der Waals surface area contributed by atoms with E-state index < -0.39 is 5.97 Å². The summed E-state index contributed by atoms with van der Waals surface area (Å²) in [6, 6.07) is 0.917. The van der Waals surface area contributed by atoms with Crippen molar-refractivity contribution >= 4 is 5.97 Å². The van der Waals surface area contributed by atoms with Gasteiger partial charge in [0.1, 0.15) is 0 Å². The fraction of sp³-hybridized carbons (Fsp3) is 0.938. The van der Waals surface area contributed by atoms with Crippen molar-refractivity contribution in [1.82, 2.24) is 9.80 Å². The third-order valence-electron chi connectivity index (χ3n) is 5.84. The Morgan fingerprint density at radius 1 is 1.05 bits per heavy atom. The maximum Gasteiger partial charge on any atom is 0.308 e. The van der Waals surface area contributed by atoms with Crippen molar-refractivity contribution in [3.05, 3.63) is 0 Å². The zero-order chi connectivity index (χ0) is 14.1. The molecule has 0 aromatic rings. The van der Waals surface area contributed by atoms with E-state index in [4.69, 9.17) is 0 Å². The van der Waals surface area contributed by atoms with Crippen molar-refractivity contribution < 1.29 is 9.90 Å². The molecule has 1 N–H and O–H groups in total. The lowest BCUT2D eigenvalue weighted by Crippen LogP contribution is -2.57. The van der Waals surface area contributed by atoms with Gasteiger partial charge in [0, 0.05) is 18.6 Å². The normalized spacial score (nSPS) is 40.2. The molecule has 3 heterocycles. The molecular weight excluding hydrogens is 252 g/mol. The van der Waals surface area contributed by atoms with E-state index in [1.165, 1.54) is 38.6 Å². The molecule has 20 heavy (non-hydrogen) atoms. The van der Waals surface area contributed by atoms with Crippen molar-refractivity contribution in [2.45, 2.75) is 57.0 Å². The average molecular weight is 280 g/mol. The minimum atomic E-state index is -0.565. The number of likely N-dealkylation sites (tertiary alicyclic amines) is 1. The van der Waals surface area contributed by atoms with E-state index in [0.717, 1.165) is 25.9 Å². The summed E-state index contributed by atoms with van der Waals surface area (Å²) in [5.74, 6) is -0.148. The summed E-state index contributed by atoms with van der Waals surface area (Å²) >= 11 is 0. The molecule has 3 aliphatic rings. The summed E-state index contributed by atoms with van der Waals surface area (Å²) in [5, 5.41) is 9.62. The molecule has 3 rings (SSSR count). The Morgan fingerprint density at radius 3 is 2.45 bits per heavy atom. The molecular formula is C16H28N2O2. The fourth-order valence-corrected chi connectivity index (χ4v) is 4.80. The molecule has 4 nitrogen and oxygen atoms in total. The van der Waals surface area contributed by atoms with Gasteiger partial charge in [0.05, 0.1) is 5.92 Å². The predicted octanol–water partition coefficient (Wildman–Crippen LogP) is 2.05. The number of hydrogen-bond acceptors (Lipinski definition) is 3. The molecule has 0 spiro atoms. The van der Waals surface area contributed by atoms with E-state index in [-0.39, 0.29) is 5.92 Å². The minimum Gasteiger partial charge on any atom is -0.481 e. The number of aliphatic carboxylic acids is 1. The predicted molar refractivity (Wildman–Crippen MR) is 78.7 cm³/mol. The maximum atomic E-state index is 11.7. The van der Waals surface area contributed by atoms with Gasteiger partial charge in [0.2, 0.25) is 0 Å². The van der Waals surface area contributed by atoms with Crippen molar-refractivity contribution in [3.8, 4) is 0 Å². The lowest BCUT2D eigenvalue weighted by Gasteiger charge is -2.49. The third kappa shape index (κ3) is 2.73. The van der Waals surface area contributed by atoms with Gasteiger partial charge in [-0.25, -0.2) is 0 Å². The summed E-state index contributed by atoms with van der Waals surface area (Å²) in [4.78, 5) is 16.7. The van der Waals surface area contributed by atoms with Crippen LogP contribution in [0.25, 0.3) is 0 Å². The Labute approximate surface area is 122 Å². The Hall–Kier alpha value is -0.610. The number of hydrogen-bond donors (Lipinski definition) is 1. The van der Waals surface area contributed by atoms with E-state index in [1.54, 1.807) is 0 Å². The molecule has 0 amide bonds. The Bertz CT molecular complexity index is 360. The van der Waals surface area contributed by atoms with Crippen molar-refractivity contribution in [2.24, 2.45) is 11.8 Å². The van der Waals surface area contributed by atoms with E-state index in [1.807, 2.05) is 0 Å². The number of carboxylic acids is 1. The lowest BCUT2D eigenvalue weighted by atomic mass is 9.75. The Kier molecular flexibility index (Phi) is 4.32. The first-order valence-corrected chi connectivity index (χ1v) is 8.34. The van der Waals surface area contributed by atoms with Crippen molar-refractivity contribution in [1.29, 1.82) is 0 Å². The highest BCUT2D eigenvalue weighted by Crippen LogP contribution is 2.37. The lowest BCUT2D eigenvalue weighted by molar-refractivity contribution is -0.149. The molecule has 3 saturated heterocycles. The molecule has 0 aliphatic carbocycles. The number of piperidine rings is 3. The maximum absolute atomic E-state index is 11.7. The van der Waals surface area contributed by atoms with Crippen LogP contribution in [0.15, 0.2) is 0 Å². The van der Waals surface area contributed by atoms with Gasteiger partial charge in [-0.05, 0) is 58.2 Å². The van der Waals surface area contributed by atoms with Crippen molar-refractivity contribution in [3.63, 3.8) is 0 Å². The molecule has 0 aromatic carbocycles. The van der Waals surface area contributed by atoms with Crippen LogP contribution < -0.4 is 0 Å². The SMILES string of the molecule is CN1CCCC[C@H]1[C@H]1C[C@@H](C(=O)O)[C@@H]2CCCCN2C1. The summed E-state index contributed by atoms with van der Waals surface area (Å²) in [5.41, 5.74) is 0. The molecule has 0 unspecified atom stereocenters. The number of nitrogens with zero attached hydrogens (tertiary/aromatic N) is 2. The van der Waals surface area contributed by atoms with Crippen LogP contribution in [0.4, 0.5) is 0 Å². The van der Waals surface area contributed by atoms with Gasteiger partial charge in [0.15, 0.2) is 0 Å². The van der Waals surface area contributed by atoms with Crippen LogP contribution in [0, 0.1) is 11.8 Å². The average Bonchev–Trinajstić information content (AvgIpc) is 2.46. The van der Waals surface area contributed by atoms with Gasteiger partial charge < -0.3 is 10.0 Å². The molecule has 4 heteroatoms. The molecule has 0 saturated carbocycles.